The largest absolute Gasteiger partial charge is 0.306 e. The van der Waals surface area contributed by atoms with Crippen molar-refractivity contribution in [2.24, 2.45) is 0 Å². The molecule has 0 atom stereocenters. The zero-order valence-corrected chi connectivity index (χ0v) is 12.1. The van der Waals surface area contributed by atoms with E-state index < -0.39 is 5.82 Å². The lowest BCUT2D eigenvalue weighted by Crippen LogP contribution is -2.37. The Morgan fingerprint density at radius 1 is 1.15 bits per heavy atom. The first-order valence-corrected chi connectivity index (χ1v) is 6.72. The van der Waals surface area contributed by atoms with Gasteiger partial charge in [-0.1, -0.05) is 29.8 Å². The first kappa shape index (κ1) is 14.5. The van der Waals surface area contributed by atoms with Crippen LogP contribution in [0, 0.1) is 5.82 Å². The first-order valence-electron chi connectivity index (χ1n) is 6.34. The minimum absolute atomic E-state index is 0.0203. The molecule has 2 aromatic carbocycles. The Bertz CT molecular complexity index is 613. The summed E-state index contributed by atoms with van der Waals surface area (Å²) in [6.45, 7) is 3.78. The Labute approximate surface area is 122 Å². The zero-order valence-electron chi connectivity index (χ0n) is 11.3. The maximum Gasteiger partial charge on any atom is 0.261 e. The molecule has 0 aromatic heterocycles. The average molecular weight is 292 g/mol. The van der Waals surface area contributed by atoms with Gasteiger partial charge in [0.25, 0.3) is 5.91 Å². The van der Waals surface area contributed by atoms with Crippen molar-refractivity contribution >= 4 is 23.2 Å². The van der Waals surface area contributed by atoms with E-state index in [9.17, 15) is 9.18 Å². The molecule has 0 N–H and O–H groups in total. The number of hydrogen-bond donors (Lipinski definition) is 0. The van der Waals surface area contributed by atoms with Crippen LogP contribution in [0.3, 0.4) is 0 Å². The van der Waals surface area contributed by atoms with Gasteiger partial charge in [0.2, 0.25) is 0 Å². The predicted octanol–water partition coefficient (Wildman–Crippen LogP) is 4.53. The van der Waals surface area contributed by atoms with E-state index in [-0.39, 0.29) is 22.5 Å². The third kappa shape index (κ3) is 2.99. The van der Waals surface area contributed by atoms with Gasteiger partial charge in [-0.2, -0.15) is 0 Å². The molecule has 0 fully saturated rings. The summed E-state index contributed by atoms with van der Waals surface area (Å²) in [6.07, 6.45) is 0. The number of halogens is 2. The molecular weight excluding hydrogens is 277 g/mol. The van der Waals surface area contributed by atoms with E-state index in [1.165, 1.54) is 12.1 Å². The monoisotopic (exact) mass is 291 g/mol. The maximum absolute atomic E-state index is 13.9. The Kier molecular flexibility index (Phi) is 4.40. The van der Waals surface area contributed by atoms with Gasteiger partial charge in [-0.05, 0) is 44.2 Å². The Morgan fingerprint density at radius 2 is 1.80 bits per heavy atom. The van der Waals surface area contributed by atoms with Gasteiger partial charge in [-0.3, -0.25) is 4.79 Å². The minimum atomic E-state index is -0.607. The van der Waals surface area contributed by atoms with Gasteiger partial charge in [-0.15, -0.1) is 0 Å². The number of anilines is 1. The molecule has 0 aliphatic rings. The van der Waals surface area contributed by atoms with Crippen LogP contribution in [0.25, 0.3) is 0 Å². The van der Waals surface area contributed by atoms with Crippen molar-refractivity contribution in [1.29, 1.82) is 0 Å². The summed E-state index contributed by atoms with van der Waals surface area (Å²) in [6, 6.07) is 13.2. The van der Waals surface area contributed by atoms with Gasteiger partial charge >= 0.3 is 0 Å². The molecule has 2 aromatic rings. The molecule has 0 aliphatic heterocycles. The molecule has 0 heterocycles. The molecule has 1 amide bonds. The van der Waals surface area contributed by atoms with Crippen molar-refractivity contribution in [2.45, 2.75) is 19.9 Å². The lowest BCUT2D eigenvalue weighted by atomic mass is 10.1. The number of rotatable bonds is 3. The molecular formula is C16H15ClFNO. The summed E-state index contributed by atoms with van der Waals surface area (Å²) in [5.41, 5.74) is 0.758. The summed E-state index contributed by atoms with van der Waals surface area (Å²) >= 11 is 5.72. The predicted molar refractivity (Wildman–Crippen MR) is 79.8 cm³/mol. The molecule has 2 rings (SSSR count). The third-order valence-electron chi connectivity index (χ3n) is 2.93. The fourth-order valence-corrected chi connectivity index (χ4v) is 2.19. The van der Waals surface area contributed by atoms with E-state index in [1.54, 1.807) is 4.90 Å². The van der Waals surface area contributed by atoms with Crippen molar-refractivity contribution in [3.8, 4) is 0 Å². The second-order valence-corrected chi connectivity index (χ2v) is 5.17. The van der Waals surface area contributed by atoms with Crippen molar-refractivity contribution < 1.29 is 9.18 Å². The maximum atomic E-state index is 13.9. The second kappa shape index (κ2) is 6.06. The molecule has 104 valence electrons. The zero-order chi connectivity index (χ0) is 14.7. The Balaban J connectivity index is 2.42. The van der Waals surface area contributed by atoms with Crippen LogP contribution < -0.4 is 4.90 Å². The minimum Gasteiger partial charge on any atom is -0.306 e. The number of nitrogens with zero attached hydrogens (tertiary/aromatic N) is 1. The number of hydrogen-bond acceptors (Lipinski definition) is 1. The molecule has 2 nitrogen and oxygen atoms in total. The molecule has 0 unspecified atom stereocenters. The molecule has 0 radical (unpaired) electrons. The van der Waals surface area contributed by atoms with Crippen molar-refractivity contribution in [2.75, 3.05) is 4.90 Å². The van der Waals surface area contributed by atoms with E-state index in [2.05, 4.69) is 0 Å². The molecule has 0 bridgehead atoms. The van der Waals surface area contributed by atoms with Crippen LogP contribution >= 0.6 is 11.6 Å². The number of para-hydroxylation sites is 1. The van der Waals surface area contributed by atoms with Crippen LogP contribution in [0.2, 0.25) is 5.02 Å². The van der Waals surface area contributed by atoms with Crippen molar-refractivity contribution in [1.82, 2.24) is 0 Å². The van der Waals surface area contributed by atoms with Crippen LogP contribution in [0.1, 0.15) is 24.2 Å². The number of carbonyl (C=O) groups is 1. The van der Waals surface area contributed by atoms with Crippen LogP contribution in [0.5, 0.6) is 0 Å². The number of benzene rings is 2. The Hall–Kier alpha value is -1.87. The normalized spacial score (nSPS) is 10.7. The fourth-order valence-electron chi connectivity index (χ4n) is 2.03. The summed E-state index contributed by atoms with van der Waals surface area (Å²) in [5, 5.41) is 0.273. The van der Waals surface area contributed by atoms with Gasteiger partial charge < -0.3 is 4.90 Å². The third-order valence-corrected chi connectivity index (χ3v) is 3.17. The second-order valence-electron chi connectivity index (χ2n) is 4.73. The topological polar surface area (TPSA) is 20.3 Å². The van der Waals surface area contributed by atoms with Crippen LogP contribution in [0.15, 0.2) is 48.5 Å². The van der Waals surface area contributed by atoms with E-state index in [4.69, 9.17) is 11.6 Å². The van der Waals surface area contributed by atoms with E-state index in [0.717, 1.165) is 11.8 Å². The molecule has 20 heavy (non-hydrogen) atoms. The van der Waals surface area contributed by atoms with Crippen LogP contribution in [-0.4, -0.2) is 11.9 Å². The van der Waals surface area contributed by atoms with Gasteiger partial charge in [-0.25, -0.2) is 4.39 Å². The number of amides is 1. The van der Waals surface area contributed by atoms with E-state index >= 15 is 0 Å². The molecule has 4 heteroatoms. The first-order chi connectivity index (χ1) is 9.50. The van der Waals surface area contributed by atoms with Gasteiger partial charge in [0.05, 0.1) is 5.56 Å². The summed E-state index contributed by atoms with van der Waals surface area (Å²) in [7, 11) is 0. The van der Waals surface area contributed by atoms with Crippen LogP contribution in [0.4, 0.5) is 10.1 Å². The van der Waals surface area contributed by atoms with Gasteiger partial charge in [0.1, 0.15) is 5.82 Å². The molecule has 0 saturated carbocycles. The van der Waals surface area contributed by atoms with Crippen molar-refractivity contribution in [3.63, 3.8) is 0 Å². The smallest absolute Gasteiger partial charge is 0.261 e. The highest BCUT2D eigenvalue weighted by molar-refractivity contribution is 6.30. The molecule has 0 aliphatic carbocycles. The van der Waals surface area contributed by atoms with Crippen LogP contribution in [-0.2, 0) is 0 Å². The molecule has 0 saturated heterocycles. The summed E-state index contributed by atoms with van der Waals surface area (Å²) < 4.78 is 13.9. The highest BCUT2D eigenvalue weighted by atomic mass is 35.5. The van der Waals surface area contributed by atoms with E-state index in [0.29, 0.717) is 0 Å². The lowest BCUT2D eigenvalue weighted by Gasteiger charge is -2.27. The fraction of sp³-hybridized carbons (Fsp3) is 0.188. The lowest BCUT2D eigenvalue weighted by molar-refractivity contribution is 0.0976. The van der Waals surface area contributed by atoms with Crippen molar-refractivity contribution in [3.05, 3.63) is 64.9 Å². The summed E-state index contributed by atoms with van der Waals surface area (Å²) in [4.78, 5) is 14.1. The van der Waals surface area contributed by atoms with Gasteiger partial charge in [0, 0.05) is 16.8 Å². The van der Waals surface area contributed by atoms with Gasteiger partial charge in [0.15, 0.2) is 0 Å². The number of carbonyl (C=O) groups excluding carboxylic acids is 1. The Morgan fingerprint density at radius 3 is 2.35 bits per heavy atom. The van der Waals surface area contributed by atoms with E-state index in [1.807, 2.05) is 44.2 Å². The standard InChI is InChI=1S/C16H15ClFNO/c1-11(2)19(13-6-4-3-5-7-13)16(20)14-9-8-12(17)10-15(14)18/h3-11H,1-2H3. The average Bonchev–Trinajstić information content (AvgIpc) is 2.39. The highest BCUT2D eigenvalue weighted by Crippen LogP contribution is 2.22. The molecule has 0 spiro atoms. The summed E-state index contributed by atoms with van der Waals surface area (Å²) in [5.74, 6) is -0.982. The highest BCUT2D eigenvalue weighted by Gasteiger charge is 2.23. The SMILES string of the molecule is CC(C)N(C(=O)c1ccc(Cl)cc1F)c1ccccc1. The quantitative estimate of drug-likeness (QED) is 0.813.